The molecule has 0 aliphatic carbocycles. The minimum atomic E-state index is -3.30. The van der Waals surface area contributed by atoms with Crippen molar-refractivity contribution in [3.05, 3.63) is 78.4 Å². The molecule has 1 aromatic heterocycles. The third-order valence-corrected chi connectivity index (χ3v) is 5.71. The smallest absolute Gasteiger partial charge is 0.299 e. The van der Waals surface area contributed by atoms with Gasteiger partial charge in [0.1, 0.15) is 37.2 Å². The highest BCUT2D eigenvalue weighted by atomic mass is 19.3. The molecule has 6 nitrogen and oxygen atoms in total. The molecule has 2 aliphatic rings. The number of hydrogen-bond acceptors (Lipinski definition) is 6. The molecule has 158 valence electrons. The Morgan fingerprint density at radius 3 is 2.55 bits per heavy atom. The van der Waals surface area contributed by atoms with Crippen molar-refractivity contribution >= 4 is 5.84 Å². The number of alkyl halides is 2. The Kier molecular flexibility index (Phi) is 4.66. The fourth-order valence-electron chi connectivity index (χ4n) is 4.23. The summed E-state index contributed by atoms with van der Waals surface area (Å²) in [7, 11) is 0. The molecule has 0 radical (unpaired) electrons. The molecule has 1 unspecified atom stereocenters. The lowest BCUT2D eigenvalue weighted by molar-refractivity contribution is -0.136. The molecule has 0 saturated heterocycles. The van der Waals surface area contributed by atoms with Crippen LogP contribution in [0.25, 0.3) is 11.1 Å². The van der Waals surface area contributed by atoms with Crippen molar-refractivity contribution in [2.24, 2.45) is 10.7 Å². The number of fused-ring (bicyclic) bond motifs is 2. The van der Waals surface area contributed by atoms with Crippen molar-refractivity contribution < 1.29 is 18.3 Å². The summed E-state index contributed by atoms with van der Waals surface area (Å²) < 4.78 is 42.8. The van der Waals surface area contributed by atoms with Crippen LogP contribution in [-0.4, -0.2) is 34.9 Å². The summed E-state index contributed by atoms with van der Waals surface area (Å²) in [5, 5.41) is 0. The van der Waals surface area contributed by atoms with Gasteiger partial charge < -0.3 is 15.2 Å². The zero-order valence-electron chi connectivity index (χ0n) is 16.5. The van der Waals surface area contributed by atoms with Gasteiger partial charge in [0.2, 0.25) is 0 Å². The third kappa shape index (κ3) is 3.33. The van der Waals surface area contributed by atoms with E-state index in [2.05, 4.69) is 15.0 Å². The number of halogens is 2. The van der Waals surface area contributed by atoms with Crippen LogP contribution in [0.2, 0.25) is 0 Å². The fourth-order valence-corrected chi connectivity index (χ4v) is 4.23. The molecule has 2 N–H and O–H groups in total. The predicted octanol–water partition coefficient (Wildman–Crippen LogP) is 3.89. The van der Waals surface area contributed by atoms with Crippen LogP contribution in [0, 0.1) is 0 Å². The summed E-state index contributed by atoms with van der Waals surface area (Å²) >= 11 is 0. The number of aliphatic imine (C=N–C) groups is 1. The van der Waals surface area contributed by atoms with Crippen LogP contribution in [0.3, 0.4) is 0 Å². The van der Waals surface area contributed by atoms with Crippen LogP contribution in [0.4, 0.5) is 8.78 Å². The van der Waals surface area contributed by atoms with Gasteiger partial charge in [-0.15, -0.1) is 0 Å². The molecule has 0 amide bonds. The molecule has 3 heterocycles. The van der Waals surface area contributed by atoms with Crippen LogP contribution in [0.5, 0.6) is 5.75 Å². The van der Waals surface area contributed by atoms with Gasteiger partial charge in [0.05, 0.1) is 0 Å². The van der Waals surface area contributed by atoms with E-state index in [-0.39, 0.29) is 24.4 Å². The first kappa shape index (κ1) is 19.6. The van der Waals surface area contributed by atoms with E-state index in [0.717, 1.165) is 5.56 Å². The van der Waals surface area contributed by atoms with E-state index >= 15 is 8.78 Å². The summed E-state index contributed by atoms with van der Waals surface area (Å²) in [6.07, 6.45) is 3.99. The number of ether oxygens (including phenoxy) is 2. The molecule has 8 heteroatoms. The second-order valence-electron chi connectivity index (χ2n) is 7.72. The summed E-state index contributed by atoms with van der Waals surface area (Å²) in [5.74, 6) is -2.92. The average molecular weight is 422 g/mol. The van der Waals surface area contributed by atoms with Crippen molar-refractivity contribution in [3.63, 3.8) is 0 Å². The molecule has 2 aromatic carbocycles. The van der Waals surface area contributed by atoms with E-state index < -0.39 is 24.2 Å². The number of aromatic nitrogens is 2. The van der Waals surface area contributed by atoms with Gasteiger partial charge in [-0.25, -0.2) is 18.7 Å². The molecule has 0 fully saturated rings. The summed E-state index contributed by atoms with van der Waals surface area (Å²) in [6, 6.07) is 14.5. The van der Waals surface area contributed by atoms with E-state index in [1.807, 2.05) is 30.3 Å². The van der Waals surface area contributed by atoms with Gasteiger partial charge in [-0.3, -0.25) is 4.99 Å². The van der Waals surface area contributed by atoms with Crippen LogP contribution in [0.15, 0.2) is 72.2 Å². The Hall–Kier alpha value is -3.39. The van der Waals surface area contributed by atoms with E-state index in [9.17, 15) is 0 Å². The number of rotatable bonds is 2. The van der Waals surface area contributed by atoms with Crippen LogP contribution in [-0.2, 0) is 10.3 Å². The van der Waals surface area contributed by atoms with E-state index in [1.165, 1.54) is 6.33 Å². The van der Waals surface area contributed by atoms with E-state index in [4.69, 9.17) is 15.2 Å². The average Bonchev–Trinajstić information content (AvgIpc) is 2.90. The number of nitrogens with zero attached hydrogens (tertiary/aromatic N) is 3. The fraction of sp³-hybridized carbons (Fsp3) is 0.261. The number of amidine groups is 1. The molecule has 0 bridgehead atoms. The van der Waals surface area contributed by atoms with Crippen molar-refractivity contribution in [2.75, 3.05) is 13.2 Å². The Balaban J connectivity index is 1.72. The number of hydrogen-bond donors (Lipinski definition) is 1. The molecular weight excluding hydrogens is 402 g/mol. The highest BCUT2D eigenvalue weighted by Crippen LogP contribution is 2.55. The number of benzene rings is 2. The molecule has 2 aliphatic heterocycles. The normalized spacial score (nSPS) is 24.6. The molecule has 31 heavy (non-hydrogen) atoms. The van der Waals surface area contributed by atoms with Gasteiger partial charge in [0.25, 0.3) is 5.92 Å². The minimum Gasteiger partial charge on any atom is -0.485 e. The monoisotopic (exact) mass is 422 g/mol. The zero-order chi connectivity index (χ0) is 21.5. The SMILES string of the molecule is NC1=N[C@@]2(CC(c3ccccc3)Oc3ccc(-c4cncnc4)cc32)C(F)(F)COC1. The second-order valence-corrected chi connectivity index (χ2v) is 7.72. The highest BCUT2D eigenvalue weighted by molar-refractivity contribution is 5.83. The summed E-state index contributed by atoms with van der Waals surface area (Å²) in [4.78, 5) is 12.4. The van der Waals surface area contributed by atoms with Gasteiger partial charge in [-0.2, -0.15) is 0 Å². The first-order valence-electron chi connectivity index (χ1n) is 9.90. The van der Waals surface area contributed by atoms with Crippen molar-refractivity contribution in [1.29, 1.82) is 0 Å². The topological polar surface area (TPSA) is 82.6 Å². The molecule has 2 atom stereocenters. The van der Waals surface area contributed by atoms with Gasteiger partial charge in [-0.1, -0.05) is 36.4 Å². The Bertz CT molecular complexity index is 1120. The lowest BCUT2D eigenvalue weighted by Gasteiger charge is -2.43. The third-order valence-electron chi connectivity index (χ3n) is 5.71. The van der Waals surface area contributed by atoms with Crippen molar-refractivity contribution in [2.45, 2.75) is 24.0 Å². The zero-order valence-corrected chi connectivity index (χ0v) is 16.5. The molecule has 3 aromatic rings. The number of nitrogens with two attached hydrogens (primary N) is 1. The van der Waals surface area contributed by atoms with Gasteiger partial charge in [0.15, 0.2) is 5.54 Å². The largest absolute Gasteiger partial charge is 0.485 e. The molecule has 5 rings (SSSR count). The quantitative estimate of drug-likeness (QED) is 0.678. The Morgan fingerprint density at radius 1 is 1.00 bits per heavy atom. The molecule has 0 saturated carbocycles. The van der Waals surface area contributed by atoms with E-state index in [0.29, 0.717) is 16.9 Å². The Morgan fingerprint density at radius 2 is 1.77 bits per heavy atom. The lowest BCUT2D eigenvalue weighted by atomic mass is 9.75. The molecule has 1 spiro atoms. The maximum Gasteiger partial charge on any atom is 0.299 e. The lowest BCUT2D eigenvalue weighted by Crippen LogP contribution is -2.50. The predicted molar refractivity (Wildman–Crippen MR) is 111 cm³/mol. The van der Waals surface area contributed by atoms with Gasteiger partial charge >= 0.3 is 0 Å². The van der Waals surface area contributed by atoms with Gasteiger partial charge in [-0.05, 0) is 23.3 Å². The van der Waals surface area contributed by atoms with Crippen LogP contribution >= 0.6 is 0 Å². The Labute approximate surface area is 177 Å². The first-order valence-corrected chi connectivity index (χ1v) is 9.90. The highest BCUT2D eigenvalue weighted by Gasteiger charge is 2.60. The van der Waals surface area contributed by atoms with Crippen LogP contribution < -0.4 is 10.5 Å². The first-order chi connectivity index (χ1) is 15.0. The second kappa shape index (κ2) is 7.39. The van der Waals surface area contributed by atoms with Crippen LogP contribution in [0.1, 0.15) is 23.7 Å². The van der Waals surface area contributed by atoms with E-state index in [1.54, 1.807) is 30.6 Å². The minimum absolute atomic E-state index is 0.0327. The van der Waals surface area contributed by atoms with Gasteiger partial charge in [0, 0.05) is 29.9 Å². The summed E-state index contributed by atoms with van der Waals surface area (Å²) in [5.41, 5.74) is 6.53. The molecular formula is C23H20F2N4O2. The standard InChI is InChI=1S/C23H20F2N4O2/c24-23(25)13-30-12-21(26)29-22(23)9-20(15-4-2-1-3-5-15)31-19-7-6-16(8-18(19)22)17-10-27-14-28-11-17/h1-8,10-11,14,20H,9,12-13H2,(H2,26,29)/t20?,22-/m1/s1. The van der Waals surface area contributed by atoms with Crippen molar-refractivity contribution in [3.8, 4) is 16.9 Å². The maximum absolute atomic E-state index is 15.7. The van der Waals surface area contributed by atoms with Crippen molar-refractivity contribution in [1.82, 2.24) is 9.97 Å². The maximum atomic E-state index is 15.7. The summed E-state index contributed by atoms with van der Waals surface area (Å²) in [6.45, 7) is -0.924.